The Kier molecular flexibility index (Phi) is 4.23. The fourth-order valence-corrected chi connectivity index (χ4v) is 3.51. The van der Waals surface area contributed by atoms with Crippen molar-refractivity contribution in [2.75, 3.05) is 6.54 Å². The summed E-state index contributed by atoms with van der Waals surface area (Å²) in [6, 6.07) is 16.6. The summed E-state index contributed by atoms with van der Waals surface area (Å²) in [5.74, 6) is 0.269. The first kappa shape index (κ1) is 15.1. The second-order valence-corrected chi connectivity index (χ2v) is 6.21. The highest BCUT2D eigenvalue weighted by Crippen LogP contribution is 2.33. The van der Waals surface area contributed by atoms with Crippen molar-refractivity contribution in [2.24, 2.45) is 12.8 Å². The van der Waals surface area contributed by atoms with Gasteiger partial charge in [0.1, 0.15) is 0 Å². The van der Waals surface area contributed by atoms with E-state index in [1.165, 1.54) is 22.2 Å². The SMILES string of the molecule is Cc1c(C(CN)Cc2ccccc2Cl)c2ccccc2n1C. The second kappa shape index (κ2) is 6.15. The molecule has 0 aliphatic heterocycles. The predicted molar refractivity (Wildman–Crippen MR) is 94.6 cm³/mol. The zero-order chi connectivity index (χ0) is 15.7. The minimum atomic E-state index is 0.269. The van der Waals surface area contributed by atoms with Crippen LogP contribution in [0.5, 0.6) is 0 Å². The van der Waals surface area contributed by atoms with Gasteiger partial charge in [-0.3, -0.25) is 0 Å². The van der Waals surface area contributed by atoms with Gasteiger partial charge < -0.3 is 10.3 Å². The van der Waals surface area contributed by atoms with Gasteiger partial charge in [0.2, 0.25) is 0 Å². The maximum Gasteiger partial charge on any atom is 0.0482 e. The zero-order valence-electron chi connectivity index (χ0n) is 13.0. The standard InChI is InChI=1S/C19H21ClN2/c1-13-19(16-8-4-6-10-18(16)22(13)2)15(12-21)11-14-7-3-5-9-17(14)20/h3-10,15H,11-12,21H2,1-2H3. The molecule has 1 aromatic heterocycles. The Labute approximate surface area is 136 Å². The highest BCUT2D eigenvalue weighted by Gasteiger charge is 2.20. The van der Waals surface area contributed by atoms with E-state index in [1.807, 2.05) is 18.2 Å². The molecule has 2 N–H and O–H groups in total. The maximum atomic E-state index is 6.33. The number of aromatic nitrogens is 1. The lowest BCUT2D eigenvalue weighted by Crippen LogP contribution is -2.16. The summed E-state index contributed by atoms with van der Waals surface area (Å²) in [7, 11) is 2.12. The van der Waals surface area contributed by atoms with Crippen LogP contribution in [0.2, 0.25) is 5.02 Å². The summed E-state index contributed by atoms with van der Waals surface area (Å²) in [5.41, 5.74) is 11.2. The van der Waals surface area contributed by atoms with Crippen molar-refractivity contribution < 1.29 is 0 Å². The van der Waals surface area contributed by atoms with Gasteiger partial charge in [-0.25, -0.2) is 0 Å². The summed E-state index contributed by atoms with van der Waals surface area (Å²) in [6.07, 6.45) is 0.866. The number of halogens is 1. The Morgan fingerprint density at radius 2 is 1.77 bits per heavy atom. The quantitative estimate of drug-likeness (QED) is 0.759. The van der Waals surface area contributed by atoms with Gasteiger partial charge in [-0.2, -0.15) is 0 Å². The molecule has 1 heterocycles. The number of benzene rings is 2. The molecule has 0 amide bonds. The van der Waals surface area contributed by atoms with Crippen LogP contribution in [0.25, 0.3) is 10.9 Å². The van der Waals surface area contributed by atoms with Gasteiger partial charge in [0.15, 0.2) is 0 Å². The number of rotatable bonds is 4. The smallest absolute Gasteiger partial charge is 0.0482 e. The summed E-state index contributed by atoms with van der Waals surface area (Å²) in [5, 5.41) is 2.11. The largest absolute Gasteiger partial charge is 0.348 e. The predicted octanol–water partition coefficient (Wildman–Crippen LogP) is 4.43. The van der Waals surface area contributed by atoms with Crippen molar-refractivity contribution in [1.29, 1.82) is 0 Å². The zero-order valence-corrected chi connectivity index (χ0v) is 13.8. The maximum absolute atomic E-state index is 6.33. The number of para-hydroxylation sites is 1. The summed E-state index contributed by atoms with van der Waals surface area (Å²) in [4.78, 5) is 0. The third-order valence-corrected chi connectivity index (χ3v) is 4.93. The lowest BCUT2D eigenvalue weighted by molar-refractivity contribution is 0.688. The van der Waals surface area contributed by atoms with Crippen molar-refractivity contribution in [2.45, 2.75) is 19.3 Å². The van der Waals surface area contributed by atoms with Crippen molar-refractivity contribution in [3.63, 3.8) is 0 Å². The van der Waals surface area contributed by atoms with Crippen molar-refractivity contribution >= 4 is 22.5 Å². The first-order chi connectivity index (χ1) is 10.6. The number of fused-ring (bicyclic) bond motifs is 1. The fourth-order valence-electron chi connectivity index (χ4n) is 3.30. The second-order valence-electron chi connectivity index (χ2n) is 5.80. The van der Waals surface area contributed by atoms with Gasteiger partial charge in [0.25, 0.3) is 0 Å². The van der Waals surface area contributed by atoms with Crippen LogP contribution < -0.4 is 5.73 Å². The summed E-state index contributed by atoms with van der Waals surface area (Å²) >= 11 is 6.33. The molecule has 22 heavy (non-hydrogen) atoms. The molecule has 2 aromatic carbocycles. The molecule has 2 nitrogen and oxygen atoms in total. The normalized spacial score (nSPS) is 12.7. The topological polar surface area (TPSA) is 30.9 Å². The fraction of sp³-hybridized carbons (Fsp3) is 0.263. The average Bonchev–Trinajstić information content (AvgIpc) is 2.79. The van der Waals surface area contributed by atoms with Crippen LogP contribution in [0.15, 0.2) is 48.5 Å². The molecule has 0 saturated heterocycles. The summed E-state index contributed by atoms with van der Waals surface area (Å²) < 4.78 is 2.25. The number of hydrogen-bond donors (Lipinski definition) is 1. The molecule has 0 bridgehead atoms. The van der Waals surface area contributed by atoms with Gasteiger partial charge >= 0.3 is 0 Å². The molecule has 0 fully saturated rings. The van der Waals surface area contributed by atoms with Crippen molar-refractivity contribution in [3.05, 3.63) is 70.4 Å². The average molecular weight is 313 g/mol. The van der Waals surface area contributed by atoms with E-state index < -0.39 is 0 Å². The van der Waals surface area contributed by atoms with Gasteiger partial charge in [-0.1, -0.05) is 48.0 Å². The Morgan fingerprint density at radius 3 is 2.50 bits per heavy atom. The third kappa shape index (κ3) is 2.53. The van der Waals surface area contributed by atoms with Crippen LogP contribution in [0.4, 0.5) is 0 Å². The Balaban J connectivity index is 2.08. The number of hydrogen-bond acceptors (Lipinski definition) is 1. The van der Waals surface area contributed by atoms with E-state index in [4.69, 9.17) is 17.3 Å². The third-order valence-electron chi connectivity index (χ3n) is 4.57. The molecule has 0 spiro atoms. The molecule has 0 aliphatic rings. The van der Waals surface area contributed by atoms with Crippen molar-refractivity contribution in [3.8, 4) is 0 Å². The van der Waals surface area contributed by atoms with E-state index in [-0.39, 0.29) is 5.92 Å². The van der Waals surface area contributed by atoms with Gasteiger partial charge in [0.05, 0.1) is 0 Å². The minimum Gasteiger partial charge on any atom is -0.348 e. The van der Waals surface area contributed by atoms with E-state index >= 15 is 0 Å². The monoisotopic (exact) mass is 312 g/mol. The molecule has 1 atom stereocenters. The molecule has 0 saturated carbocycles. The molecular weight excluding hydrogens is 292 g/mol. The van der Waals surface area contributed by atoms with Gasteiger partial charge in [-0.05, 0) is 43.1 Å². The summed E-state index contributed by atoms with van der Waals surface area (Å²) in [6.45, 7) is 2.78. The van der Waals surface area contributed by atoms with Crippen LogP contribution >= 0.6 is 11.6 Å². The minimum absolute atomic E-state index is 0.269. The van der Waals surface area contributed by atoms with Gasteiger partial charge in [0, 0.05) is 34.6 Å². The molecule has 114 valence electrons. The van der Waals surface area contributed by atoms with Crippen LogP contribution in [0.1, 0.15) is 22.7 Å². The number of aryl methyl sites for hydroxylation is 1. The molecule has 0 aliphatic carbocycles. The van der Waals surface area contributed by atoms with E-state index in [9.17, 15) is 0 Å². The first-order valence-electron chi connectivity index (χ1n) is 7.61. The van der Waals surface area contributed by atoms with E-state index in [1.54, 1.807) is 0 Å². The van der Waals surface area contributed by atoms with Gasteiger partial charge in [-0.15, -0.1) is 0 Å². The van der Waals surface area contributed by atoms with Crippen molar-refractivity contribution in [1.82, 2.24) is 4.57 Å². The molecule has 3 aromatic rings. The van der Waals surface area contributed by atoms with E-state index in [0.29, 0.717) is 6.54 Å². The van der Waals surface area contributed by atoms with Crippen LogP contribution in [0, 0.1) is 6.92 Å². The van der Waals surface area contributed by atoms with Crippen LogP contribution in [-0.2, 0) is 13.5 Å². The lowest BCUT2D eigenvalue weighted by Gasteiger charge is -2.17. The highest BCUT2D eigenvalue weighted by atomic mass is 35.5. The molecule has 3 heteroatoms. The number of nitrogens with two attached hydrogens (primary N) is 1. The molecule has 1 unspecified atom stereocenters. The molecule has 0 radical (unpaired) electrons. The molecular formula is C19H21ClN2. The van der Waals surface area contributed by atoms with E-state index in [2.05, 4.69) is 48.9 Å². The lowest BCUT2D eigenvalue weighted by atomic mass is 9.90. The van der Waals surface area contributed by atoms with Crippen LogP contribution in [0.3, 0.4) is 0 Å². The highest BCUT2D eigenvalue weighted by molar-refractivity contribution is 6.31. The van der Waals surface area contributed by atoms with E-state index in [0.717, 1.165) is 17.0 Å². The first-order valence-corrected chi connectivity index (χ1v) is 7.98. The molecule has 3 rings (SSSR count). The Bertz CT molecular complexity index is 804. The Hall–Kier alpha value is -1.77. The van der Waals surface area contributed by atoms with Crippen LogP contribution in [-0.4, -0.2) is 11.1 Å². The Morgan fingerprint density at radius 1 is 1.09 bits per heavy atom. The number of nitrogens with zero attached hydrogens (tertiary/aromatic N) is 1.